The molecule has 1 atom stereocenters. The van der Waals surface area contributed by atoms with Crippen molar-refractivity contribution >= 4 is 28.3 Å². The third kappa shape index (κ3) is 2.81. The van der Waals surface area contributed by atoms with Crippen molar-refractivity contribution in [2.24, 2.45) is 0 Å². The molecule has 0 spiro atoms. The van der Waals surface area contributed by atoms with Gasteiger partial charge in [0, 0.05) is 30.8 Å². The van der Waals surface area contributed by atoms with E-state index in [9.17, 15) is 9.59 Å². The van der Waals surface area contributed by atoms with Crippen molar-refractivity contribution in [2.75, 3.05) is 18.9 Å². The summed E-state index contributed by atoms with van der Waals surface area (Å²) >= 11 is 1.49. The predicted octanol–water partition coefficient (Wildman–Crippen LogP) is 1.85. The maximum atomic E-state index is 12.5. The minimum Gasteiger partial charge on any atom is -0.448 e. The van der Waals surface area contributed by atoms with Crippen LogP contribution in [0.25, 0.3) is 0 Å². The summed E-state index contributed by atoms with van der Waals surface area (Å²) in [6.07, 6.45) is 0.474. The monoisotopic (exact) mass is 343 g/mol. The molecule has 2 aliphatic rings. The zero-order chi connectivity index (χ0) is 16.7. The summed E-state index contributed by atoms with van der Waals surface area (Å²) in [6, 6.07) is 7.22. The van der Waals surface area contributed by atoms with Gasteiger partial charge in [-0.05, 0) is 18.7 Å². The lowest BCUT2D eigenvalue weighted by Gasteiger charge is -2.23. The summed E-state index contributed by atoms with van der Waals surface area (Å²) in [5.41, 5.74) is 2.43. The second-order valence-corrected chi connectivity index (χ2v) is 7.20. The number of hydrogen-bond donors (Lipinski definition) is 1. The number of anilines is 1. The fraction of sp³-hybridized carbons (Fsp3) is 0.353. The van der Waals surface area contributed by atoms with Gasteiger partial charge in [0.25, 0.3) is 5.91 Å². The molecule has 2 aliphatic heterocycles. The quantitative estimate of drug-likeness (QED) is 0.843. The zero-order valence-electron chi connectivity index (χ0n) is 13.2. The molecule has 1 aromatic carbocycles. The van der Waals surface area contributed by atoms with Crippen molar-refractivity contribution < 1.29 is 14.3 Å². The van der Waals surface area contributed by atoms with E-state index in [4.69, 9.17) is 4.74 Å². The Hall–Kier alpha value is -2.25. The number of nitrogens with zero attached hydrogens (tertiary/aromatic N) is 2. The zero-order valence-corrected chi connectivity index (χ0v) is 14.1. The topological polar surface area (TPSA) is 71.5 Å². The van der Waals surface area contributed by atoms with E-state index < -0.39 is 12.1 Å². The molecule has 0 bridgehead atoms. The fourth-order valence-corrected chi connectivity index (χ4v) is 4.13. The Morgan fingerprint density at radius 2 is 2.25 bits per heavy atom. The summed E-state index contributed by atoms with van der Waals surface area (Å²) in [5.74, 6) is -0.769. The van der Waals surface area contributed by atoms with Gasteiger partial charge < -0.3 is 9.64 Å². The van der Waals surface area contributed by atoms with E-state index in [-0.39, 0.29) is 5.91 Å². The highest BCUT2D eigenvalue weighted by atomic mass is 32.1. The molecule has 0 radical (unpaired) electrons. The molecule has 24 heavy (non-hydrogen) atoms. The maximum absolute atomic E-state index is 12.5. The molecule has 3 heterocycles. The molecule has 1 amide bonds. The molecule has 4 rings (SSSR count). The van der Waals surface area contributed by atoms with Crippen LogP contribution in [-0.2, 0) is 28.9 Å². The van der Waals surface area contributed by atoms with E-state index in [1.54, 1.807) is 12.1 Å². The van der Waals surface area contributed by atoms with E-state index >= 15 is 0 Å². The maximum Gasteiger partial charge on any atom is 0.339 e. The third-order valence-corrected chi connectivity index (χ3v) is 5.33. The first-order valence-corrected chi connectivity index (χ1v) is 8.68. The van der Waals surface area contributed by atoms with E-state index in [1.807, 2.05) is 12.1 Å². The van der Waals surface area contributed by atoms with Gasteiger partial charge in [-0.15, -0.1) is 11.3 Å². The van der Waals surface area contributed by atoms with Gasteiger partial charge in [-0.25, -0.2) is 9.78 Å². The first-order valence-electron chi connectivity index (χ1n) is 7.87. The molecule has 0 saturated carbocycles. The Balaban J connectivity index is 1.49. The van der Waals surface area contributed by atoms with E-state index in [0.717, 1.165) is 30.8 Å². The second-order valence-electron chi connectivity index (χ2n) is 6.12. The van der Waals surface area contributed by atoms with E-state index in [0.29, 0.717) is 17.1 Å². The molecule has 2 aromatic rings. The number of cyclic esters (lactones) is 1. The fourth-order valence-electron chi connectivity index (χ4n) is 3.04. The minimum absolute atomic E-state index is 0.322. The Morgan fingerprint density at radius 1 is 1.42 bits per heavy atom. The molecular weight excluding hydrogens is 326 g/mol. The standard InChI is InChI=1S/C17H17N3O3S/c1-20-7-6-12-14(9-20)24-17(18-12)19-15(21)13-8-10-4-2-3-5-11(10)16(22)23-13/h2-5,13H,6-9H2,1H3,(H,18,19,21)/t13-/m0/s1. The van der Waals surface area contributed by atoms with Gasteiger partial charge in [0.05, 0.1) is 11.3 Å². The van der Waals surface area contributed by atoms with Crippen LogP contribution in [-0.4, -0.2) is 41.5 Å². The van der Waals surface area contributed by atoms with Gasteiger partial charge in [-0.1, -0.05) is 18.2 Å². The largest absolute Gasteiger partial charge is 0.448 e. The van der Waals surface area contributed by atoms with Gasteiger partial charge in [0.1, 0.15) is 0 Å². The number of esters is 1. The van der Waals surface area contributed by atoms with Crippen LogP contribution in [0.2, 0.25) is 0 Å². The number of carbonyl (C=O) groups is 2. The Kier molecular flexibility index (Phi) is 3.82. The van der Waals surface area contributed by atoms with Crippen molar-refractivity contribution in [3.05, 3.63) is 46.0 Å². The highest BCUT2D eigenvalue weighted by Crippen LogP contribution is 2.28. The normalized spacial score (nSPS) is 20.0. The number of ether oxygens (including phenoxy) is 1. The van der Waals surface area contributed by atoms with Crippen LogP contribution in [0.3, 0.4) is 0 Å². The number of likely N-dealkylation sites (N-methyl/N-ethyl adjacent to an activating group) is 1. The van der Waals surface area contributed by atoms with Crippen LogP contribution in [0.1, 0.15) is 26.5 Å². The number of rotatable bonds is 2. The SMILES string of the molecule is CN1CCc2nc(NC(=O)[C@@H]3Cc4ccccc4C(=O)O3)sc2C1. The first kappa shape index (κ1) is 15.3. The van der Waals surface area contributed by atoms with Gasteiger partial charge >= 0.3 is 5.97 Å². The second kappa shape index (κ2) is 5.99. The van der Waals surface area contributed by atoms with Gasteiger partial charge in [-0.3, -0.25) is 10.1 Å². The average molecular weight is 343 g/mol. The lowest BCUT2D eigenvalue weighted by Crippen LogP contribution is -2.37. The van der Waals surface area contributed by atoms with E-state index in [1.165, 1.54) is 16.2 Å². The summed E-state index contributed by atoms with van der Waals surface area (Å²) in [7, 11) is 2.07. The van der Waals surface area contributed by atoms with Crippen LogP contribution >= 0.6 is 11.3 Å². The molecule has 124 valence electrons. The molecule has 0 saturated heterocycles. The number of benzene rings is 1. The molecule has 0 unspecified atom stereocenters. The van der Waals surface area contributed by atoms with Crippen molar-refractivity contribution in [3.63, 3.8) is 0 Å². The van der Waals surface area contributed by atoms with Crippen molar-refractivity contribution in [1.82, 2.24) is 9.88 Å². The van der Waals surface area contributed by atoms with Crippen LogP contribution in [0.4, 0.5) is 5.13 Å². The Bertz CT molecular complexity index is 817. The van der Waals surface area contributed by atoms with Crippen molar-refractivity contribution in [3.8, 4) is 0 Å². The van der Waals surface area contributed by atoms with Crippen molar-refractivity contribution in [1.29, 1.82) is 0 Å². The predicted molar refractivity (Wildman–Crippen MR) is 90.1 cm³/mol. The van der Waals surface area contributed by atoms with Crippen LogP contribution in [0.5, 0.6) is 0 Å². The van der Waals surface area contributed by atoms with E-state index in [2.05, 4.69) is 22.2 Å². The highest BCUT2D eigenvalue weighted by molar-refractivity contribution is 7.15. The lowest BCUT2D eigenvalue weighted by atomic mass is 9.98. The molecule has 7 heteroatoms. The van der Waals surface area contributed by atoms with Crippen LogP contribution < -0.4 is 5.32 Å². The Labute approximate surface area is 143 Å². The molecule has 0 aliphatic carbocycles. The smallest absolute Gasteiger partial charge is 0.339 e. The van der Waals surface area contributed by atoms with Crippen LogP contribution in [0.15, 0.2) is 24.3 Å². The van der Waals surface area contributed by atoms with Crippen LogP contribution in [0, 0.1) is 0 Å². The third-order valence-electron chi connectivity index (χ3n) is 4.34. The molecular formula is C17H17N3O3S. The summed E-state index contributed by atoms with van der Waals surface area (Å²) in [5, 5.41) is 3.39. The number of fused-ring (bicyclic) bond motifs is 2. The highest BCUT2D eigenvalue weighted by Gasteiger charge is 2.31. The molecule has 1 N–H and O–H groups in total. The number of aromatic nitrogens is 1. The van der Waals surface area contributed by atoms with Crippen molar-refractivity contribution in [2.45, 2.75) is 25.5 Å². The molecule has 1 aromatic heterocycles. The Morgan fingerprint density at radius 3 is 3.12 bits per heavy atom. The van der Waals surface area contributed by atoms with Gasteiger partial charge in [0.2, 0.25) is 0 Å². The number of nitrogens with one attached hydrogen (secondary N) is 1. The molecule has 0 fully saturated rings. The summed E-state index contributed by atoms with van der Waals surface area (Å²) in [6.45, 7) is 1.83. The average Bonchev–Trinajstić information content (AvgIpc) is 2.96. The minimum atomic E-state index is -0.809. The number of thiazole rings is 1. The number of hydrogen-bond acceptors (Lipinski definition) is 6. The summed E-state index contributed by atoms with van der Waals surface area (Å²) < 4.78 is 5.28. The lowest BCUT2D eigenvalue weighted by molar-refractivity contribution is -0.125. The first-order chi connectivity index (χ1) is 11.6. The summed E-state index contributed by atoms with van der Waals surface area (Å²) in [4.78, 5) is 32.4. The molecule has 6 nitrogen and oxygen atoms in total. The van der Waals surface area contributed by atoms with Gasteiger partial charge in [-0.2, -0.15) is 0 Å². The number of carbonyl (C=O) groups excluding carboxylic acids is 2. The number of amides is 1. The van der Waals surface area contributed by atoms with Gasteiger partial charge in [0.15, 0.2) is 11.2 Å².